The van der Waals surface area contributed by atoms with Crippen molar-refractivity contribution in [3.8, 4) is 22.6 Å². The third kappa shape index (κ3) is 4.32. The van der Waals surface area contributed by atoms with Crippen molar-refractivity contribution in [1.29, 1.82) is 0 Å². The zero-order valence-corrected chi connectivity index (χ0v) is 20.2. The lowest BCUT2D eigenvalue weighted by atomic mass is 10.0. The van der Waals surface area contributed by atoms with Crippen LogP contribution in [0.5, 0.6) is 0 Å². The summed E-state index contributed by atoms with van der Waals surface area (Å²) in [7, 11) is 0. The van der Waals surface area contributed by atoms with E-state index in [0.29, 0.717) is 55.4 Å². The van der Waals surface area contributed by atoms with Crippen LogP contribution in [0.15, 0.2) is 76.3 Å². The van der Waals surface area contributed by atoms with Gasteiger partial charge in [0.25, 0.3) is 5.69 Å². The van der Waals surface area contributed by atoms with Crippen LogP contribution in [0, 0.1) is 24.0 Å². The second kappa shape index (κ2) is 9.02. The average molecular weight is 505 g/mol. The number of nitro benzene ring substituents is 1. The number of aryl methyl sites for hydroxylation is 2. The molecule has 3 heterocycles. The Balaban J connectivity index is 1.56. The van der Waals surface area contributed by atoms with Gasteiger partial charge in [0.1, 0.15) is 22.9 Å². The Bertz CT molecular complexity index is 1640. The summed E-state index contributed by atoms with van der Waals surface area (Å²) >= 11 is 12.5. The van der Waals surface area contributed by atoms with Gasteiger partial charge in [-0.2, -0.15) is 0 Å². The maximum atomic E-state index is 11.4. The van der Waals surface area contributed by atoms with Crippen LogP contribution in [0.3, 0.4) is 0 Å². The molecule has 0 aliphatic heterocycles. The molecule has 0 N–H and O–H groups in total. The molecule has 2 aromatic carbocycles. The summed E-state index contributed by atoms with van der Waals surface area (Å²) < 4.78 is 7.83. The van der Waals surface area contributed by atoms with E-state index in [0.717, 1.165) is 5.56 Å². The van der Waals surface area contributed by atoms with Crippen molar-refractivity contribution < 1.29 is 9.34 Å². The predicted molar refractivity (Wildman–Crippen MR) is 138 cm³/mol. The Morgan fingerprint density at radius 1 is 1.03 bits per heavy atom. The van der Waals surface area contributed by atoms with Gasteiger partial charge in [-0.25, -0.2) is 9.98 Å². The number of rotatable bonds is 5. The van der Waals surface area contributed by atoms with Crippen LogP contribution in [0.4, 0.5) is 11.5 Å². The van der Waals surface area contributed by atoms with E-state index in [-0.39, 0.29) is 5.69 Å². The Morgan fingerprint density at radius 2 is 1.86 bits per heavy atom. The van der Waals surface area contributed by atoms with Gasteiger partial charge < -0.3 is 4.42 Å². The standard InChI is InChI=1S/C26H18Cl2N4O3/c1-15-11-16(2)22(32(33)34)13-20(15)23-9-7-18(35-23)14-29-26-25(19-8-6-17(27)12-21(19)28)30-24-5-3-4-10-31(24)26/h3-14H,1-2H3/b29-14+. The molecule has 5 rings (SSSR count). The molecule has 35 heavy (non-hydrogen) atoms. The number of benzene rings is 2. The van der Waals surface area contributed by atoms with Gasteiger partial charge in [-0.05, 0) is 67.9 Å². The van der Waals surface area contributed by atoms with E-state index in [1.807, 2.05) is 41.8 Å². The average Bonchev–Trinajstić information content (AvgIpc) is 3.42. The molecular formula is C26H18Cl2N4O3. The fraction of sp³-hybridized carbons (Fsp3) is 0.0769. The quantitative estimate of drug-likeness (QED) is 0.138. The van der Waals surface area contributed by atoms with Crippen LogP contribution in [-0.2, 0) is 0 Å². The van der Waals surface area contributed by atoms with Crippen LogP contribution in [0.2, 0.25) is 10.0 Å². The minimum atomic E-state index is -0.391. The van der Waals surface area contributed by atoms with Crippen molar-refractivity contribution in [2.45, 2.75) is 13.8 Å². The molecule has 0 aliphatic rings. The van der Waals surface area contributed by atoms with E-state index in [9.17, 15) is 10.1 Å². The molecule has 0 saturated carbocycles. The van der Waals surface area contributed by atoms with E-state index >= 15 is 0 Å². The van der Waals surface area contributed by atoms with Crippen LogP contribution in [0.25, 0.3) is 28.2 Å². The smallest absolute Gasteiger partial charge is 0.273 e. The highest BCUT2D eigenvalue weighted by Crippen LogP contribution is 2.37. The molecule has 0 aliphatic carbocycles. The van der Waals surface area contributed by atoms with Gasteiger partial charge in [0.15, 0.2) is 5.82 Å². The highest BCUT2D eigenvalue weighted by atomic mass is 35.5. The first-order chi connectivity index (χ1) is 16.8. The Labute approximate surface area is 210 Å². The van der Waals surface area contributed by atoms with E-state index in [4.69, 9.17) is 32.6 Å². The fourth-order valence-electron chi connectivity index (χ4n) is 3.96. The summed E-state index contributed by atoms with van der Waals surface area (Å²) in [5, 5.41) is 12.4. The topological polar surface area (TPSA) is 85.9 Å². The SMILES string of the molecule is Cc1cc(C)c([N+](=O)[O-])cc1-c1ccc(/C=N/c2c(-c3ccc(Cl)cc3Cl)nc3ccccn23)o1. The molecule has 0 fully saturated rings. The third-order valence-corrected chi connectivity index (χ3v) is 6.18. The lowest BCUT2D eigenvalue weighted by Crippen LogP contribution is -1.94. The molecule has 0 spiro atoms. The molecule has 0 amide bonds. The molecule has 3 aromatic heterocycles. The molecule has 0 saturated heterocycles. The van der Waals surface area contributed by atoms with Gasteiger partial charge in [0.05, 0.1) is 16.2 Å². The van der Waals surface area contributed by atoms with Crippen LogP contribution in [0.1, 0.15) is 16.9 Å². The summed E-state index contributed by atoms with van der Waals surface area (Å²) in [6.07, 6.45) is 3.45. The van der Waals surface area contributed by atoms with Crippen molar-refractivity contribution in [1.82, 2.24) is 9.38 Å². The molecule has 0 atom stereocenters. The molecule has 174 valence electrons. The van der Waals surface area contributed by atoms with Crippen molar-refractivity contribution in [3.63, 3.8) is 0 Å². The molecule has 0 unspecified atom stereocenters. The van der Waals surface area contributed by atoms with Crippen molar-refractivity contribution in [3.05, 3.63) is 104 Å². The largest absolute Gasteiger partial charge is 0.455 e. The van der Waals surface area contributed by atoms with Crippen LogP contribution < -0.4 is 0 Å². The number of nitrogens with zero attached hydrogens (tertiary/aromatic N) is 4. The summed E-state index contributed by atoms with van der Waals surface area (Å²) in [5.41, 5.74) is 4.21. The van der Waals surface area contributed by atoms with Crippen LogP contribution >= 0.6 is 23.2 Å². The minimum absolute atomic E-state index is 0.0485. The predicted octanol–water partition coefficient (Wildman–Crippen LogP) is 7.84. The second-order valence-corrected chi connectivity index (χ2v) is 8.85. The fourth-order valence-corrected chi connectivity index (χ4v) is 4.46. The summed E-state index contributed by atoms with van der Waals surface area (Å²) in [5.74, 6) is 1.58. The Hall–Kier alpha value is -3.94. The monoisotopic (exact) mass is 504 g/mol. The highest BCUT2D eigenvalue weighted by Gasteiger charge is 2.18. The number of nitro groups is 1. The van der Waals surface area contributed by atoms with Gasteiger partial charge in [0, 0.05) is 34.0 Å². The van der Waals surface area contributed by atoms with E-state index in [2.05, 4.69) is 4.99 Å². The lowest BCUT2D eigenvalue weighted by Gasteiger charge is -2.05. The van der Waals surface area contributed by atoms with Gasteiger partial charge >= 0.3 is 0 Å². The Morgan fingerprint density at radius 3 is 2.63 bits per heavy atom. The number of imidazole rings is 1. The first kappa shape index (κ1) is 22.8. The van der Waals surface area contributed by atoms with E-state index < -0.39 is 4.92 Å². The normalized spacial score (nSPS) is 11.5. The number of halogens is 2. The molecule has 5 aromatic rings. The van der Waals surface area contributed by atoms with E-state index in [1.165, 1.54) is 6.07 Å². The zero-order valence-electron chi connectivity index (χ0n) is 18.7. The molecule has 0 radical (unpaired) electrons. The molecule has 0 bridgehead atoms. The van der Waals surface area contributed by atoms with Gasteiger partial charge in [-0.15, -0.1) is 0 Å². The number of furan rings is 1. The number of hydrogen-bond donors (Lipinski definition) is 0. The summed E-state index contributed by atoms with van der Waals surface area (Å²) in [6.45, 7) is 3.61. The maximum Gasteiger partial charge on any atom is 0.273 e. The minimum Gasteiger partial charge on any atom is -0.455 e. The lowest BCUT2D eigenvalue weighted by molar-refractivity contribution is -0.385. The molecular weight excluding hydrogens is 487 g/mol. The van der Waals surface area contributed by atoms with Gasteiger partial charge in [-0.3, -0.25) is 14.5 Å². The second-order valence-electron chi connectivity index (χ2n) is 8.01. The first-order valence-corrected chi connectivity index (χ1v) is 11.4. The van der Waals surface area contributed by atoms with Crippen LogP contribution in [-0.4, -0.2) is 20.5 Å². The number of pyridine rings is 1. The number of aromatic nitrogens is 2. The maximum absolute atomic E-state index is 11.4. The number of hydrogen-bond acceptors (Lipinski definition) is 5. The zero-order chi connectivity index (χ0) is 24.7. The van der Waals surface area contributed by atoms with Gasteiger partial charge in [0.2, 0.25) is 0 Å². The van der Waals surface area contributed by atoms with E-state index in [1.54, 1.807) is 43.5 Å². The molecule has 9 heteroatoms. The Kier molecular flexibility index (Phi) is 5.88. The molecule has 7 nitrogen and oxygen atoms in total. The number of fused-ring (bicyclic) bond motifs is 1. The third-order valence-electron chi connectivity index (χ3n) is 5.64. The van der Waals surface area contributed by atoms with Crippen molar-refractivity contribution in [2.24, 2.45) is 4.99 Å². The summed E-state index contributed by atoms with van der Waals surface area (Å²) in [6, 6.07) is 17.7. The first-order valence-electron chi connectivity index (χ1n) is 10.6. The number of aliphatic imine (C=N–C) groups is 1. The highest BCUT2D eigenvalue weighted by molar-refractivity contribution is 6.36. The van der Waals surface area contributed by atoms with Gasteiger partial charge in [-0.1, -0.05) is 29.3 Å². The van der Waals surface area contributed by atoms with Crippen molar-refractivity contribution in [2.75, 3.05) is 0 Å². The summed E-state index contributed by atoms with van der Waals surface area (Å²) in [4.78, 5) is 20.4. The van der Waals surface area contributed by atoms with Crippen molar-refractivity contribution >= 4 is 46.6 Å².